The van der Waals surface area contributed by atoms with Gasteiger partial charge < -0.3 is 19.9 Å². The van der Waals surface area contributed by atoms with Crippen LogP contribution in [0.3, 0.4) is 0 Å². The van der Waals surface area contributed by atoms with Crippen molar-refractivity contribution in [2.75, 3.05) is 13.2 Å². The Kier molecular flexibility index (Phi) is 9.84. The van der Waals surface area contributed by atoms with Gasteiger partial charge in [0.15, 0.2) is 17.7 Å². The van der Waals surface area contributed by atoms with Crippen molar-refractivity contribution in [3.8, 4) is 0 Å². The van der Waals surface area contributed by atoms with Gasteiger partial charge in [-0.3, -0.25) is 14.4 Å². The third kappa shape index (κ3) is 7.58. The van der Waals surface area contributed by atoms with Crippen molar-refractivity contribution in [3.63, 3.8) is 0 Å². The number of ketones is 2. The van der Waals surface area contributed by atoms with E-state index in [4.69, 9.17) is 19.9 Å². The second-order valence-corrected chi connectivity index (χ2v) is 8.19. The van der Waals surface area contributed by atoms with Gasteiger partial charge in [-0.25, -0.2) is 9.59 Å². The molecular formula is C26H29NO8. The molecule has 0 saturated heterocycles. The Morgan fingerprint density at radius 1 is 0.714 bits per heavy atom. The first kappa shape index (κ1) is 27.4. The highest BCUT2D eigenvalue weighted by Crippen LogP contribution is 2.16. The second kappa shape index (κ2) is 12.6. The van der Waals surface area contributed by atoms with Crippen LogP contribution in [0.2, 0.25) is 0 Å². The van der Waals surface area contributed by atoms with Gasteiger partial charge in [0.2, 0.25) is 0 Å². The Labute approximate surface area is 203 Å². The van der Waals surface area contributed by atoms with E-state index in [1.807, 2.05) is 0 Å². The van der Waals surface area contributed by atoms with Crippen LogP contribution in [-0.4, -0.2) is 54.8 Å². The lowest BCUT2D eigenvalue weighted by Crippen LogP contribution is -2.31. The molecule has 2 rings (SSSR count). The second-order valence-electron chi connectivity index (χ2n) is 8.19. The van der Waals surface area contributed by atoms with Gasteiger partial charge in [-0.05, 0) is 19.1 Å². The standard InChI is InChI=1S/C26H29NO8/c1-15(2)23(29)19-9-5-7-11-21(19)25(31)33-13-18(35-17(4)28)14-34-26(32)22-12-8-6-10-20(22)24(30)16(3)27/h5-12,15-16,18H,13-14,27H2,1-4H3. The van der Waals surface area contributed by atoms with Crippen LogP contribution in [0.15, 0.2) is 48.5 Å². The highest BCUT2D eigenvalue weighted by atomic mass is 16.6. The van der Waals surface area contributed by atoms with E-state index < -0.39 is 49.1 Å². The van der Waals surface area contributed by atoms with Gasteiger partial charge in [0.1, 0.15) is 13.2 Å². The zero-order valence-corrected chi connectivity index (χ0v) is 20.1. The van der Waals surface area contributed by atoms with Crippen molar-refractivity contribution in [1.29, 1.82) is 0 Å². The van der Waals surface area contributed by atoms with E-state index in [1.54, 1.807) is 38.1 Å². The number of Topliss-reactive ketones (excluding diaryl/α,β-unsaturated/α-hetero) is 2. The first-order chi connectivity index (χ1) is 16.5. The minimum atomic E-state index is -1.11. The van der Waals surface area contributed by atoms with Crippen molar-refractivity contribution < 1.29 is 38.2 Å². The number of carbonyl (C=O) groups excluding carboxylic acids is 5. The average Bonchev–Trinajstić information content (AvgIpc) is 2.83. The summed E-state index contributed by atoms with van der Waals surface area (Å²) in [4.78, 5) is 61.5. The molecule has 0 fully saturated rings. The Morgan fingerprint density at radius 3 is 1.49 bits per heavy atom. The summed E-state index contributed by atoms with van der Waals surface area (Å²) >= 11 is 0. The number of benzene rings is 2. The van der Waals surface area contributed by atoms with Crippen LogP contribution in [-0.2, 0) is 19.0 Å². The Bertz CT molecular complexity index is 1030. The first-order valence-corrected chi connectivity index (χ1v) is 11.1. The van der Waals surface area contributed by atoms with Crippen molar-refractivity contribution in [2.24, 2.45) is 11.7 Å². The predicted octanol–water partition coefficient (Wildman–Crippen LogP) is 3.00. The lowest BCUT2D eigenvalue weighted by atomic mass is 9.96. The number of esters is 3. The molecular weight excluding hydrogens is 454 g/mol. The number of ether oxygens (including phenoxy) is 3. The van der Waals surface area contributed by atoms with E-state index in [9.17, 15) is 24.0 Å². The molecule has 0 radical (unpaired) electrons. The number of carbonyl (C=O) groups is 5. The molecule has 0 aliphatic heterocycles. The first-order valence-electron chi connectivity index (χ1n) is 11.1. The highest BCUT2D eigenvalue weighted by molar-refractivity contribution is 6.08. The molecule has 2 aromatic carbocycles. The van der Waals surface area contributed by atoms with Crippen LogP contribution in [0.5, 0.6) is 0 Å². The molecule has 2 atom stereocenters. The summed E-state index contributed by atoms with van der Waals surface area (Å²) in [5.41, 5.74) is 6.06. The van der Waals surface area contributed by atoms with Gasteiger partial charge in [-0.1, -0.05) is 50.2 Å². The Hall–Kier alpha value is -3.85. The van der Waals surface area contributed by atoms with Gasteiger partial charge in [0.25, 0.3) is 0 Å². The molecule has 35 heavy (non-hydrogen) atoms. The van der Waals surface area contributed by atoms with Crippen molar-refractivity contribution in [2.45, 2.75) is 39.8 Å². The fourth-order valence-electron chi connectivity index (χ4n) is 3.15. The fraction of sp³-hybridized carbons (Fsp3) is 0.346. The van der Waals surface area contributed by atoms with E-state index in [0.717, 1.165) is 6.92 Å². The molecule has 0 saturated carbocycles. The lowest BCUT2D eigenvalue weighted by Gasteiger charge is -2.18. The minimum absolute atomic E-state index is 0.00879. The predicted molar refractivity (Wildman–Crippen MR) is 126 cm³/mol. The van der Waals surface area contributed by atoms with Gasteiger partial charge in [-0.2, -0.15) is 0 Å². The SMILES string of the molecule is CC(=O)OC(COC(=O)c1ccccc1C(=O)C(C)C)COC(=O)c1ccccc1C(=O)C(C)N. The summed E-state index contributed by atoms with van der Waals surface area (Å²) in [6.07, 6.45) is -1.11. The summed E-state index contributed by atoms with van der Waals surface area (Å²) in [5.74, 6) is -3.27. The monoisotopic (exact) mass is 483 g/mol. The smallest absolute Gasteiger partial charge is 0.339 e. The zero-order valence-electron chi connectivity index (χ0n) is 20.1. The fourth-order valence-corrected chi connectivity index (χ4v) is 3.15. The van der Waals surface area contributed by atoms with Crippen molar-refractivity contribution in [1.82, 2.24) is 0 Å². The molecule has 0 amide bonds. The topological polar surface area (TPSA) is 139 Å². The lowest BCUT2D eigenvalue weighted by molar-refractivity contribution is -0.151. The Balaban J connectivity index is 2.11. The minimum Gasteiger partial charge on any atom is -0.458 e. The summed E-state index contributed by atoms with van der Waals surface area (Å²) in [7, 11) is 0. The molecule has 0 spiro atoms. The third-order valence-corrected chi connectivity index (χ3v) is 4.90. The molecule has 9 nitrogen and oxygen atoms in total. The van der Waals surface area contributed by atoms with Crippen molar-refractivity contribution >= 4 is 29.5 Å². The van der Waals surface area contributed by atoms with E-state index >= 15 is 0 Å². The van der Waals surface area contributed by atoms with E-state index in [2.05, 4.69) is 0 Å². The van der Waals surface area contributed by atoms with E-state index in [0.29, 0.717) is 0 Å². The normalized spacial score (nSPS) is 12.4. The maximum atomic E-state index is 12.7. The van der Waals surface area contributed by atoms with Crippen LogP contribution < -0.4 is 5.73 Å². The number of hydrogen-bond acceptors (Lipinski definition) is 9. The van der Waals surface area contributed by atoms with Crippen molar-refractivity contribution in [3.05, 3.63) is 70.8 Å². The average molecular weight is 484 g/mol. The summed E-state index contributed by atoms with van der Waals surface area (Å²) < 4.78 is 15.6. The molecule has 0 aromatic heterocycles. The van der Waals surface area contributed by atoms with Crippen LogP contribution in [0.1, 0.15) is 69.1 Å². The molecule has 2 N–H and O–H groups in total. The summed E-state index contributed by atoms with van der Waals surface area (Å²) in [5, 5.41) is 0. The number of rotatable bonds is 11. The molecule has 0 aliphatic rings. The number of nitrogens with two attached hydrogens (primary N) is 1. The van der Waals surface area contributed by atoms with Gasteiger partial charge >= 0.3 is 17.9 Å². The molecule has 0 aliphatic carbocycles. The van der Waals surface area contributed by atoms with Gasteiger partial charge in [0.05, 0.1) is 17.2 Å². The maximum Gasteiger partial charge on any atom is 0.339 e. The molecule has 0 bridgehead atoms. The van der Waals surface area contributed by atoms with E-state index in [1.165, 1.54) is 31.2 Å². The maximum absolute atomic E-state index is 12.7. The summed E-state index contributed by atoms with van der Waals surface area (Å²) in [6.45, 7) is 5.24. The molecule has 2 unspecified atom stereocenters. The molecule has 2 aromatic rings. The third-order valence-electron chi connectivity index (χ3n) is 4.90. The Morgan fingerprint density at radius 2 is 1.11 bits per heavy atom. The zero-order chi connectivity index (χ0) is 26.1. The van der Waals surface area contributed by atoms with Crippen LogP contribution in [0.4, 0.5) is 0 Å². The number of hydrogen-bond donors (Lipinski definition) is 1. The van der Waals surface area contributed by atoms with Crippen LogP contribution >= 0.6 is 0 Å². The molecule has 9 heteroatoms. The van der Waals surface area contributed by atoms with Gasteiger partial charge in [0, 0.05) is 24.0 Å². The molecule has 0 heterocycles. The largest absolute Gasteiger partial charge is 0.458 e. The summed E-state index contributed by atoms with van der Waals surface area (Å²) in [6, 6.07) is 11.5. The highest BCUT2D eigenvalue weighted by Gasteiger charge is 2.24. The van der Waals surface area contributed by atoms with Crippen LogP contribution in [0.25, 0.3) is 0 Å². The van der Waals surface area contributed by atoms with E-state index in [-0.39, 0.29) is 34.0 Å². The van der Waals surface area contributed by atoms with Crippen LogP contribution in [0, 0.1) is 5.92 Å². The quantitative estimate of drug-likeness (QED) is 0.290. The van der Waals surface area contributed by atoms with Gasteiger partial charge in [-0.15, -0.1) is 0 Å². The molecule has 186 valence electrons.